The van der Waals surface area contributed by atoms with E-state index in [2.05, 4.69) is 0 Å². The van der Waals surface area contributed by atoms with Gasteiger partial charge >= 0.3 is 5.69 Å². The Labute approximate surface area is 104 Å². The van der Waals surface area contributed by atoms with Crippen molar-refractivity contribution in [3.05, 3.63) is 34.7 Å². The van der Waals surface area contributed by atoms with Gasteiger partial charge in [0.25, 0.3) is 5.91 Å². The number of hydrogen-bond acceptors (Lipinski definition) is 3. The van der Waals surface area contributed by atoms with E-state index in [1.54, 1.807) is 7.05 Å². The van der Waals surface area contributed by atoms with Gasteiger partial charge in [-0.2, -0.15) is 0 Å². The van der Waals surface area contributed by atoms with E-state index in [1.165, 1.54) is 23.3 Å². The van der Waals surface area contributed by atoms with Crippen molar-refractivity contribution in [2.75, 3.05) is 14.2 Å². The number of nitrogens with zero attached hydrogens (tertiary/aromatic N) is 3. The first kappa shape index (κ1) is 12.4. The summed E-state index contributed by atoms with van der Waals surface area (Å²) in [7, 11) is 4.61. The van der Waals surface area contributed by atoms with E-state index >= 15 is 0 Å². The summed E-state index contributed by atoms with van der Waals surface area (Å²) in [5.41, 5.74) is 1.33. The molecule has 0 bridgehead atoms. The molecule has 1 heterocycles. The van der Waals surface area contributed by atoms with E-state index in [1.807, 2.05) is 24.3 Å². The zero-order valence-corrected chi connectivity index (χ0v) is 10.6. The smallest absolute Gasteiger partial charge is 0.295 e. The molecule has 0 N–H and O–H groups in total. The molecule has 0 spiro atoms. The summed E-state index contributed by atoms with van der Waals surface area (Å²) in [4.78, 5) is 28.6. The summed E-state index contributed by atoms with van der Waals surface area (Å²) in [6.45, 7) is -0.0372. The summed E-state index contributed by atoms with van der Waals surface area (Å²) in [6.07, 6.45) is 0. The Morgan fingerprint density at radius 3 is 2.56 bits per heavy atom. The molecule has 2 rings (SSSR count). The van der Waals surface area contributed by atoms with Crippen molar-refractivity contribution >= 4 is 16.9 Å². The molecule has 6 heteroatoms. The van der Waals surface area contributed by atoms with E-state index in [9.17, 15) is 9.59 Å². The average molecular weight is 249 g/mol. The predicted molar refractivity (Wildman–Crippen MR) is 67.0 cm³/mol. The van der Waals surface area contributed by atoms with Crippen LogP contribution in [-0.4, -0.2) is 34.3 Å². The predicted octanol–water partition coefficient (Wildman–Crippen LogP) is 0.360. The quantitative estimate of drug-likeness (QED) is 0.738. The van der Waals surface area contributed by atoms with Crippen LogP contribution in [0.4, 0.5) is 0 Å². The van der Waals surface area contributed by atoms with Gasteiger partial charge in [0.1, 0.15) is 6.54 Å². The van der Waals surface area contributed by atoms with Gasteiger partial charge in [0.2, 0.25) is 0 Å². The molecule has 0 atom stereocenters. The number of rotatable bonds is 3. The van der Waals surface area contributed by atoms with Crippen molar-refractivity contribution in [2.24, 2.45) is 7.05 Å². The highest BCUT2D eigenvalue weighted by atomic mass is 16.7. The Balaban J connectivity index is 2.49. The molecule has 0 saturated carbocycles. The Hall–Kier alpha value is -2.08. The molecule has 6 nitrogen and oxygen atoms in total. The van der Waals surface area contributed by atoms with Gasteiger partial charge in [-0.05, 0) is 12.1 Å². The summed E-state index contributed by atoms with van der Waals surface area (Å²) < 4.78 is 2.96. The highest BCUT2D eigenvalue weighted by molar-refractivity contribution is 5.80. The minimum absolute atomic E-state index is 0.0372. The van der Waals surface area contributed by atoms with Gasteiger partial charge in [-0.15, -0.1) is 0 Å². The number of benzene rings is 1. The molecule has 0 unspecified atom stereocenters. The zero-order chi connectivity index (χ0) is 13.3. The van der Waals surface area contributed by atoms with Crippen LogP contribution < -0.4 is 5.69 Å². The highest BCUT2D eigenvalue weighted by Gasteiger charge is 2.15. The topological polar surface area (TPSA) is 56.5 Å². The van der Waals surface area contributed by atoms with E-state index in [0.717, 1.165) is 16.1 Å². The van der Waals surface area contributed by atoms with Crippen LogP contribution in [0.1, 0.15) is 0 Å². The van der Waals surface area contributed by atoms with Crippen LogP contribution in [0.5, 0.6) is 0 Å². The van der Waals surface area contributed by atoms with Gasteiger partial charge < -0.3 is 0 Å². The van der Waals surface area contributed by atoms with Gasteiger partial charge in [0, 0.05) is 14.1 Å². The molecule has 0 aliphatic carbocycles. The van der Waals surface area contributed by atoms with E-state index < -0.39 is 0 Å². The summed E-state index contributed by atoms with van der Waals surface area (Å²) in [5.74, 6) is -0.282. The number of hydroxylamine groups is 2. The zero-order valence-electron chi connectivity index (χ0n) is 10.6. The maximum absolute atomic E-state index is 12.0. The van der Waals surface area contributed by atoms with E-state index in [4.69, 9.17) is 4.84 Å². The Bertz CT molecular complexity index is 642. The minimum Gasteiger partial charge on any atom is -0.295 e. The largest absolute Gasteiger partial charge is 0.329 e. The number of para-hydroxylation sites is 2. The van der Waals surface area contributed by atoms with Crippen LogP contribution >= 0.6 is 0 Å². The first-order chi connectivity index (χ1) is 8.56. The molecule has 0 aliphatic rings. The first-order valence-electron chi connectivity index (χ1n) is 5.51. The number of carbonyl (C=O) groups excluding carboxylic acids is 1. The Morgan fingerprint density at radius 2 is 1.94 bits per heavy atom. The van der Waals surface area contributed by atoms with Crippen LogP contribution in [0.25, 0.3) is 11.0 Å². The second-order valence-corrected chi connectivity index (χ2v) is 3.99. The SMILES string of the molecule is CON(C)C(=O)Cn1c(=O)n(C)c2ccccc21. The second kappa shape index (κ2) is 4.66. The van der Waals surface area contributed by atoms with Gasteiger partial charge in [0.15, 0.2) is 0 Å². The molecule has 0 fully saturated rings. The molecule has 0 radical (unpaired) electrons. The number of aromatic nitrogens is 2. The summed E-state index contributed by atoms with van der Waals surface area (Å²) in [6, 6.07) is 7.35. The Morgan fingerprint density at radius 1 is 1.33 bits per heavy atom. The van der Waals surface area contributed by atoms with E-state index in [0.29, 0.717) is 0 Å². The van der Waals surface area contributed by atoms with Crippen LogP contribution in [0.15, 0.2) is 29.1 Å². The third-order valence-electron chi connectivity index (χ3n) is 2.97. The molecular formula is C12H15N3O3. The fraction of sp³-hybridized carbons (Fsp3) is 0.333. The van der Waals surface area contributed by atoms with Crippen molar-refractivity contribution in [1.29, 1.82) is 0 Å². The van der Waals surface area contributed by atoms with Crippen LogP contribution in [-0.2, 0) is 23.2 Å². The fourth-order valence-electron chi connectivity index (χ4n) is 1.85. The number of imidazole rings is 1. The number of aryl methyl sites for hydroxylation is 1. The standard InChI is InChI=1S/C12H15N3O3/c1-13-9-6-4-5-7-10(9)15(12(13)17)8-11(16)14(2)18-3/h4-7H,8H2,1-3H3. The number of amides is 1. The number of hydrogen-bond donors (Lipinski definition) is 0. The monoisotopic (exact) mass is 249 g/mol. The molecule has 2 aromatic rings. The van der Waals surface area contributed by atoms with Crippen LogP contribution in [0, 0.1) is 0 Å². The second-order valence-electron chi connectivity index (χ2n) is 3.99. The lowest BCUT2D eigenvalue weighted by Crippen LogP contribution is -2.33. The lowest BCUT2D eigenvalue weighted by molar-refractivity contribution is -0.169. The van der Waals surface area contributed by atoms with Crippen LogP contribution in [0.2, 0.25) is 0 Å². The molecule has 0 saturated heterocycles. The van der Waals surface area contributed by atoms with Gasteiger partial charge in [-0.3, -0.25) is 18.8 Å². The number of likely N-dealkylation sites (N-methyl/N-ethyl adjacent to an activating group) is 1. The van der Waals surface area contributed by atoms with Crippen molar-refractivity contribution in [2.45, 2.75) is 6.54 Å². The van der Waals surface area contributed by atoms with Gasteiger partial charge in [-0.25, -0.2) is 9.86 Å². The lowest BCUT2D eigenvalue weighted by Gasteiger charge is -2.13. The van der Waals surface area contributed by atoms with Crippen molar-refractivity contribution in [1.82, 2.24) is 14.2 Å². The van der Waals surface area contributed by atoms with Gasteiger partial charge in [0.05, 0.1) is 18.1 Å². The maximum atomic E-state index is 12.0. The molecular weight excluding hydrogens is 234 g/mol. The third kappa shape index (κ3) is 1.91. The third-order valence-corrected chi connectivity index (χ3v) is 2.97. The van der Waals surface area contributed by atoms with Crippen molar-refractivity contribution in [3.8, 4) is 0 Å². The maximum Gasteiger partial charge on any atom is 0.329 e. The number of fused-ring (bicyclic) bond motifs is 1. The minimum atomic E-state index is -0.282. The fourth-order valence-corrected chi connectivity index (χ4v) is 1.85. The molecule has 1 amide bonds. The first-order valence-corrected chi connectivity index (χ1v) is 5.51. The molecule has 1 aromatic heterocycles. The molecule has 18 heavy (non-hydrogen) atoms. The van der Waals surface area contributed by atoms with Crippen LogP contribution in [0.3, 0.4) is 0 Å². The lowest BCUT2D eigenvalue weighted by atomic mass is 10.3. The summed E-state index contributed by atoms with van der Waals surface area (Å²) in [5, 5.41) is 1.11. The molecule has 1 aromatic carbocycles. The average Bonchev–Trinajstić information content (AvgIpc) is 2.63. The highest BCUT2D eigenvalue weighted by Crippen LogP contribution is 2.11. The van der Waals surface area contributed by atoms with Gasteiger partial charge in [-0.1, -0.05) is 12.1 Å². The van der Waals surface area contributed by atoms with E-state index in [-0.39, 0.29) is 18.1 Å². The summed E-state index contributed by atoms with van der Waals surface area (Å²) >= 11 is 0. The Kier molecular flexibility index (Phi) is 3.20. The molecule has 0 aliphatic heterocycles. The van der Waals surface area contributed by atoms with Crippen molar-refractivity contribution < 1.29 is 9.63 Å². The number of carbonyl (C=O) groups is 1. The molecule has 96 valence electrons. The normalized spacial score (nSPS) is 10.8. The van der Waals surface area contributed by atoms with Crippen molar-refractivity contribution in [3.63, 3.8) is 0 Å².